The molecule has 0 aromatic carbocycles. The van der Waals surface area contributed by atoms with E-state index in [1.165, 1.54) is 0 Å². The largest absolute Gasteiger partial charge is 2.00 e. The fourth-order valence-corrected chi connectivity index (χ4v) is 1.44. The van der Waals surface area contributed by atoms with E-state index in [0.717, 1.165) is 9.80 Å². The monoisotopic (exact) mass is 397 g/mol. The summed E-state index contributed by atoms with van der Waals surface area (Å²) in [5.74, 6) is -6.12. The Kier molecular flexibility index (Phi) is 23.2. The minimum absolute atomic E-state index is 0. The van der Waals surface area contributed by atoms with E-state index in [0.29, 0.717) is 0 Å². The van der Waals surface area contributed by atoms with Gasteiger partial charge in [-0.05, 0) is 0 Å². The molecule has 0 bridgehead atoms. The van der Waals surface area contributed by atoms with Gasteiger partial charge in [-0.1, -0.05) is 0 Å². The summed E-state index contributed by atoms with van der Waals surface area (Å²) in [5, 5.41) is 41.6. The summed E-state index contributed by atoms with van der Waals surface area (Å²) in [5.41, 5.74) is 0. The third kappa shape index (κ3) is 20.3. The third-order valence-electron chi connectivity index (χ3n) is 2.14. The number of carbonyl (C=O) groups is 4. The Morgan fingerprint density at radius 2 is 0.739 bits per heavy atom. The van der Waals surface area contributed by atoms with Crippen LogP contribution in [-0.2, 0) is 36.2 Å². The third-order valence-corrected chi connectivity index (χ3v) is 2.14. The van der Waals surface area contributed by atoms with E-state index in [9.17, 15) is 39.6 Å². The molecule has 0 aliphatic heterocycles. The molecule has 0 amide bonds. The molecule has 0 rings (SSSR count). The van der Waals surface area contributed by atoms with Gasteiger partial charge in [-0.2, -0.15) is 0 Å². The van der Waals surface area contributed by atoms with Gasteiger partial charge in [-0.3, -0.25) is 9.80 Å². The number of carbonyl (C=O) groups excluding carboxylic acids is 4. The van der Waals surface area contributed by atoms with Crippen LogP contribution in [0.25, 0.3) is 0 Å². The number of carboxylic acid groups (broad SMARTS) is 4. The number of rotatable bonds is 11. The van der Waals surface area contributed by atoms with Crippen molar-refractivity contribution in [2.45, 2.75) is 0 Å². The molecule has 0 aromatic heterocycles. The second kappa shape index (κ2) is 17.2. The average Bonchev–Trinajstić information content (AvgIpc) is 2.22. The predicted octanol–water partition coefficient (Wildman–Crippen LogP) is -13.4. The van der Waals surface area contributed by atoms with E-state index in [2.05, 4.69) is 0 Å². The molecule has 123 valence electrons. The first-order valence-corrected chi connectivity index (χ1v) is 5.44. The predicted molar refractivity (Wildman–Crippen MR) is 52.9 cm³/mol. The van der Waals surface area contributed by atoms with E-state index in [4.69, 9.17) is 0 Å². The van der Waals surface area contributed by atoms with E-state index in [1.807, 2.05) is 0 Å². The van der Waals surface area contributed by atoms with Gasteiger partial charge in [0.15, 0.2) is 0 Å². The summed E-state index contributed by atoms with van der Waals surface area (Å²) in [6, 6.07) is 0. The standard InChI is InChI=1S/C10H16N2O8.Cu.2Na/c13-7(14)3-11(4-8(15)16)1-2-12(5-9(17)18)6-10(19)20;;;/h1-6H2,(H,13,14)(H,15,16)(H,17,18)(H,19,20);;;/q;+2;2*+1/p-4. The van der Waals surface area contributed by atoms with E-state index >= 15 is 0 Å². The normalized spacial score (nSPS) is 9.30. The Balaban J connectivity index is -0.000000602. The van der Waals surface area contributed by atoms with Crippen molar-refractivity contribution in [1.29, 1.82) is 0 Å². The van der Waals surface area contributed by atoms with Crippen LogP contribution in [0.2, 0.25) is 0 Å². The van der Waals surface area contributed by atoms with Crippen molar-refractivity contribution in [3.8, 4) is 0 Å². The summed E-state index contributed by atoms with van der Waals surface area (Å²) in [6.07, 6.45) is 0. The SMILES string of the molecule is O=C([O-])CN(CCN(CC(=O)[O-])CC(=O)[O-])CC(=O)[O-].[Cu+2].[Na+].[Na+]. The molecule has 0 atom stereocenters. The molecule has 0 aliphatic carbocycles. The Morgan fingerprint density at radius 1 is 0.565 bits per heavy atom. The fourth-order valence-electron chi connectivity index (χ4n) is 1.44. The van der Waals surface area contributed by atoms with Crippen LogP contribution in [0, 0.1) is 0 Å². The molecule has 0 N–H and O–H groups in total. The van der Waals surface area contributed by atoms with E-state index in [1.54, 1.807) is 0 Å². The van der Waals surface area contributed by atoms with Gasteiger partial charge in [-0.25, -0.2) is 0 Å². The molecule has 0 unspecified atom stereocenters. The number of carboxylic acids is 4. The Hall–Kier alpha value is 0.319. The molecule has 0 aromatic rings. The molecular formula is C10H12CuN2Na2O8. The van der Waals surface area contributed by atoms with Crippen LogP contribution in [-0.4, -0.2) is 72.9 Å². The van der Waals surface area contributed by atoms with Crippen molar-refractivity contribution >= 4 is 23.9 Å². The number of nitrogens with zero attached hydrogens (tertiary/aromatic N) is 2. The number of hydrogen-bond acceptors (Lipinski definition) is 10. The first kappa shape index (κ1) is 31.1. The van der Waals surface area contributed by atoms with Crippen LogP contribution in [0.4, 0.5) is 0 Å². The van der Waals surface area contributed by atoms with Gasteiger partial charge in [0.1, 0.15) is 0 Å². The van der Waals surface area contributed by atoms with Crippen molar-refractivity contribution in [2.24, 2.45) is 0 Å². The fraction of sp³-hybridized carbons (Fsp3) is 0.600. The van der Waals surface area contributed by atoms with Gasteiger partial charge < -0.3 is 39.6 Å². The second-order valence-electron chi connectivity index (χ2n) is 3.91. The maximum absolute atomic E-state index is 10.4. The first-order chi connectivity index (χ1) is 9.20. The Labute approximate surface area is 187 Å². The zero-order valence-corrected chi connectivity index (χ0v) is 17.6. The summed E-state index contributed by atoms with van der Waals surface area (Å²) >= 11 is 0. The van der Waals surface area contributed by atoms with E-state index < -0.39 is 50.1 Å². The maximum atomic E-state index is 10.4. The quantitative estimate of drug-likeness (QED) is 0.305. The minimum Gasteiger partial charge on any atom is -0.549 e. The van der Waals surface area contributed by atoms with Crippen LogP contribution >= 0.6 is 0 Å². The molecule has 0 spiro atoms. The number of hydrogen-bond donors (Lipinski definition) is 0. The molecule has 10 nitrogen and oxygen atoms in total. The molecule has 0 heterocycles. The van der Waals surface area contributed by atoms with Crippen LogP contribution < -0.4 is 79.5 Å². The van der Waals surface area contributed by atoms with Gasteiger partial charge in [0.2, 0.25) is 0 Å². The summed E-state index contributed by atoms with van der Waals surface area (Å²) < 4.78 is 0. The van der Waals surface area contributed by atoms with Gasteiger partial charge in [0.05, 0.1) is 23.9 Å². The van der Waals surface area contributed by atoms with Crippen molar-refractivity contribution < 1.29 is 116 Å². The van der Waals surface area contributed by atoms with Gasteiger partial charge in [-0.15, -0.1) is 0 Å². The van der Waals surface area contributed by atoms with Crippen LogP contribution in [0.5, 0.6) is 0 Å². The summed E-state index contributed by atoms with van der Waals surface area (Å²) in [4.78, 5) is 43.4. The molecule has 13 heteroatoms. The van der Waals surface area contributed by atoms with Crippen molar-refractivity contribution in [3.63, 3.8) is 0 Å². The average molecular weight is 398 g/mol. The maximum Gasteiger partial charge on any atom is 2.00 e. The topological polar surface area (TPSA) is 167 Å². The number of aliphatic carboxylic acids is 4. The molecule has 0 saturated heterocycles. The van der Waals surface area contributed by atoms with Gasteiger partial charge in [0, 0.05) is 39.3 Å². The first-order valence-electron chi connectivity index (χ1n) is 5.44. The van der Waals surface area contributed by atoms with E-state index in [-0.39, 0.29) is 89.3 Å². The minimum atomic E-state index is -1.53. The van der Waals surface area contributed by atoms with Crippen molar-refractivity contribution in [3.05, 3.63) is 0 Å². The zero-order chi connectivity index (χ0) is 15.7. The molecular weight excluding hydrogens is 386 g/mol. The second-order valence-corrected chi connectivity index (χ2v) is 3.91. The molecule has 0 fully saturated rings. The van der Waals surface area contributed by atoms with Crippen molar-refractivity contribution in [2.75, 3.05) is 39.3 Å². The zero-order valence-electron chi connectivity index (χ0n) is 12.7. The Bertz CT molecular complexity index is 331. The smallest absolute Gasteiger partial charge is 0.549 e. The van der Waals surface area contributed by atoms with Crippen molar-refractivity contribution in [1.82, 2.24) is 9.80 Å². The van der Waals surface area contributed by atoms with Gasteiger partial charge >= 0.3 is 76.2 Å². The van der Waals surface area contributed by atoms with Crippen LogP contribution in [0.1, 0.15) is 0 Å². The Morgan fingerprint density at radius 3 is 0.870 bits per heavy atom. The molecule has 0 aliphatic rings. The molecule has 1 radical (unpaired) electrons. The van der Waals surface area contributed by atoms with Crippen LogP contribution in [0.3, 0.4) is 0 Å². The molecule has 23 heavy (non-hydrogen) atoms. The van der Waals surface area contributed by atoms with Gasteiger partial charge in [0.25, 0.3) is 0 Å². The van der Waals surface area contributed by atoms with Crippen LogP contribution in [0.15, 0.2) is 0 Å². The summed E-state index contributed by atoms with van der Waals surface area (Å²) in [7, 11) is 0. The summed E-state index contributed by atoms with van der Waals surface area (Å²) in [6.45, 7) is -3.25. The molecule has 0 saturated carbocycles.